The first-order valence-corrected chi connectivity index (χ1v) is 4.72. The highest BCUT2D eigenvalue weighted by Gasteiger charge is 2.03. The minimum absolute atomic E-state index is 0.146. The van der Waals surface area contributed by atoms with Crippen molar-refractivity contribution in [3.8, 4) is 5.75 Å². The van der Waals surface area contributed by atoms with Crippen LogP contribution in [0.1, 0.15) is 12.2 Å². The Morgan fingerprint density at radius 3 is 2.93 bits per heavy atom. The number of alkyl halides is 1. The normalized spacial score (nSPS) is 10.1. The molecule has 0 aromatic carbocycles. The molecular formula is C9H11ClO4. The van der Waals surface area contributed by atoms with E-state index in [1.165, 1.54) is 12.3 Å². The van der Waals surface area contributed by atoms with E-state index in [9.17, 15) is 4.79 Å². The summed E-state index contributed by atoms with van der Waals surface area (Å²) >= 11 is 5.44. The van der Waals surface area contributed by atoms with Crippen molar-refractivity contribution < 1.29 is 14.3 Å². The van der Waals surface area contributed by atoms with Crippen LogP contribution in [0, 0.1) is 0 Å². The van der Waals surface area contributed by atoms with Crippen molar-refractivity contribution in [2.24, 2.45) is 0 Å². The van der Waals surface area contributed by atoms with Gasteiger partial charge >= 0.3 is 0 Å². The van der Waals surface area contributed by atoms with Crippen LogP contribution in [0.2, 0.25) is 0 Å². The van der Waals surface area contributed by atoms with E-state index in [1.54, 1.807) is 0 Å². The molecule has 0 radical (unpaired) electrons. The molecule has 0 fully saturated rings. The first-order valence-electron chi connectivity index (χ1n) is 4.19. The van der Waals surface area contributed by atoms with Crippen LogP contribution in [0.4, 0.5) is 0 Å². The van der Waals surface area contributed by atoms with Crippen LogP contribution in [0.3, 0.4) is 0 Å². The quantitative estimate of drug-likeness (QED) is 0.595. The summed E-state index contributed by atoms with van der Waals surface area (Å²) in [6.45, 7) is 0.0872. The summed E-state index contributed by atoms with van der Waals surface area (Å²) in [5, 5.41) is 8.68. The van der Waals surface area contributed by atoms with Crippen molar-refractivity contribution in [1.29, 1.82) is 0 Å². The summed E-state index contributed by atoms with van der Waals surface area (Å²) in [7, 11) is 0. The van der Waals surface area contributed by atoms with Crippen LogP contribution >= 0.6 is 11.6 Å². The van der Waals surface area contributed by atoms with Crippen LogP contribution in [-0.2, 0) is 6.61 Å². The smallest absolute Gasteiger partial charge is 0.227 e. The largest absolute Gasteiger partial charge is 0.487 e. The fourth-order valence-corrected chi connectivity index (χ4v) is 0.973. The second kappa shape index (κ2) is 5.67. The summed E-state index contributed by atoms with van der Waals surface area (Å²) in [5.41, 5.74) is -0.296. The minimum Gasteiger partial charge on any atom is -0.487 e. The lowest BCUT2D eigenvalue weighted by molar-refractivity contribution is 0.237. The third kappa shape index (κ3) is 3.05. The minimum atomic E-state index is -0.296. The van der Waals surface area contributed by atoms with Crippen molar-refractivity contribution in [3.05, 3.63) is 28.3 Å². The molecule has 1 aromatic heterocycles. The molecule has 1 heterocycles. The maximum Gasteiger partial charge on any atom is 0.227 e. The molecule has 14 heavy (non-hydrogen) atoms. The lowest BCUT2D eigenvalue weighted by Crippen LogP contribution is -2.09. The maximum atomic E-state index is 11.3. The number of halogens is 1. The Morgan fingerprint density at radius 2 is 2.36 bits per heavy atom. The van der Waals surface area contributed by atoms with Gasteiger partial charge in [-0.3, -0.25) is 4.79 Å². The predicted octanol–water partition coefficient (Wildman–Crippen LogP) is 1.14. The fraction of sp³-hybridized carbons (Fsp3) is 0.444. The SMILES string of the molecule is O=c1cc(CO)occ1OCCCCl. The van der Waals surface area contributed by atoms with Gasteiger partial charge in [0.25, 0.3) is 0 Å². The molecular weight excluding hydrogens is 208 g/mol. The molecule has 0 aliphatic carbocycles. The topological polar surface area (TPSA) is 59.7 Å². The van der Waals surface area contributed by atoms with Gasteiger partial charge < -0.3 is 14.3 Å². The molecule has 0 aliphatic heterocycles. The number of hydrogen-bond acceptors (Lipinski definition) is 4. The zero-order valence-electron chi connectivity index (χ0n) is 7.53. The molecule has 0 bridgehead atoms. The molecule has 0 spiro atoms. The summed E-state index contributed by atoms with van der Waals surface area (Å²) < 4.78 is 10.0. The van der Waals surface area contributed by atoms with E-state index in [1.807, 2.05) is 0 Å². The number of hydrogen-bond donors (Lipinski definition) is 1. The zero-order valence-corrected chi connectivity index (χ0v) is 8.29. The lowest BCUT2D eigenvalue weighted by atomic mass is 10.4. The monoisotopic (exact) mass is 218 g/mol. The van der Waals surface area contributed by atoms with Gasteiger partial charge in [-0.1, -0.05) is 0 Å². The van der Waals surface area contributed by atoms with E-state index in [0.29, 0.717) is 18.9 Å². The maximum absolute atomic E-state index is 11.3. The Balaban J connectivity index is 2.64. The van der Waals surface area contributed by atoms with Crippen molar-refractivity contribution in [2.75, 3.05) is 12.5 Å². The van der Waals surface area contributed by atoms with Crippen molar-refractivity contribution in [1.82, 2.24) is 0 Å². The summed E-state index contributed by atoms with van der Waals surface area (Å²) in [4.78, 5) is 11.3. The Labute approximate surface area is 86.1 Å². The summed E-state index contributed by atoms with van der Waals surface area (Å²) in [6, 6.07) is 1.20. The zero-order chi connectivity index (χ0) is 10.4. The van der Waals surface area contributed by atoms with Gasteiger partial charge in [0.15, 0.2) is 0 Å². The van der Waals surface area contributed by atoms with Crippen molar-refractivity contribution >= 4 is 11.6 Å². The Bertz CT molecular complexity index is 334. The molecule has 5 heteroatoms. The van der Waals surface area contributed by atoms with Crippen LogP contribution in [0.15, 0.2) is 21.5 Å². The average Bonchev–Trinajstić information content (AvgIpc) is 2.20. The predicted molar refractivity (Wildman–Crippen MR) is 51.7 cm³/mol. The highest BCUT2D eigenvalue weighted by Crippen LogP contribution is 2.06. The molecule has 0 aliphatic rings. The van der Waals surface area contributed by atoms with E-state index in [-0.39, 0.29) is 23.5 Å². The first kappa shape index (κ1) is 11.1. The number of aliphatic hydroxyl groups is 1. The highest BCUT2D eigenvalue weighted by atomic mass is 35.5. The Morgan fingerprint density at radius 1 is 1.57 bits per heavy atom. The first-order chi connectivity index (χ1) is 6.77. The molecule has 0 saturated heterocycles. The molecule has 4 nitrogen and oxygen atoms in total. The summed E-state index contributed by atoms with van der Waals surface area (Å²) in [5.74, 6) is 0.854. The third-order valence-electron chi connectivity index (χ3n) is 1.54. The third-order valence-corrected chi connectivity index (χ3v) is 1.81. The van der Waals surface area contributed by atoms with Gasteiger partial charge in [-0.25, -0.2) is 0 Å². The van der Waals surface area contributed by atoms with Crippen LogP contribution < -0.4 is 10.2 Å². The Hall–Kier alpha value is -1.00. The molecule has 1 N–H and O–H groups in total. The van der Waals surface area contributed by atoms with Gasteiger partial charge in [-0.05, 0) is 6.42 Å². The van der Waals surface area contributed by atoms with Gasteiger partial charge in [0.2, 0.25) is 11.2 Å². The van der Waals surface area contributed by atoms with Crippen LogP contribution in [-0.4, -0.2) is 17.6 Å². The van der Waals surface area contributed by atoms with Crippen molar-refractivity contribution in [2.45, 2.75) is 13.0 Å². The molecule has 78 valence electrons. The van der Waals surface area contributed by atoms with E-state index in [0.717, 1.165) is 0 Å². The van der Waals surface area contributed by atoms with Crippen LogP contribution in [0.5, 0.6) is 5.75 Å². The van der Waals surface area contributed by atoms with Gasteiger partial charge in [0, 0.05) is 11.9 Å². The number of aliphatic hydroxyl groups excluding tert-OH is 1. The second-order valence-electron chi connectivity index (χ2n) is 2.62. The standard InChI is InChI=1S/C9H11ClO4/c10-2-1-3-13-9-6-14-7(5-11)4-8(9)12/h4,6,11H,1-3,5H2. The molecule has 0 saturated carbocycles. The molecule has 0 atom stereocenters. The second-order valence-corrected chi connectivity index (χ2v) is 3.00. The van der Waals surface area contributed by atoms with Gasteiger partial charge in [0.1, 0.15) is 18.6 Å². The molecule has 0 unspecified atom stereocenters. The van der Waals surface area contributed by atoms with Gasteiger partial charge in [0.05, 0.1) is 6.61 Å². The van der Waals surface area contributed by atoms with Gasteiger partial charge in [-0.2, -0.15) is 0 Å². The molecule has 1 rings (SSSR count). The fourth-order valence-electron chi connectivity index (χ4n) is 0.863. The van der Waals surface area contributed by atoms with E-state index < -0.39 is 0 Å². The lowest BCUT2D eigenvalue weighted by Gasteiger charge is -2.03. The van der Waals surface area contributed by atoms with E-state index in [4.69, 9.17) is 25.9 Å². The summed E-state index contributed by atoms with van der Waals surface area (Å²) in [6.07, 6.45) is 1.87. The average molecular weight is 219 g/mol. The highest BCUT2D eigenvalue weighted by molar-refractivity contribution is 6.17. The van der Waals surface area contributed by atoms with E-state index >= 15 is 0 Å². The van der Waals surface area contributed by atoms with Crippen LogP contribution in [0.25, 0.3) is 0 Å². The molecule has 1 aromatic rings. The number of rotatable bonds is 5. The Kier molecular flexibility index (Phi) is 4.49. The molecule has 0 amide bonds. The van der Waals surface area contributed by atoms with Gasteiger partial charge in [-0.15, -0.1) is 11.6 Å². The number of ether oxygens (including phenoxy) is 1. The van der Waals surface area contributed by atoms with E-state index in [2.05, 4.69) is 0 Å². The van der Waals surface area contributed by atoms with Crippen molar-refractivity contribution in [3.63, 3.8) is 0 Å².